The lowest BCUT2D eigenvalue weighted by atomic mass is 9.83. The van der Waals surface area contributed by atoms with Crippen LogP contribution in [0.15, 0.2) is 24.3 Å². The second kappa shape index (κ2) is 4.99. The molecule has 3 atom stereocenters. The van der Waals surface area contributed by atoms with Crippen LogP contribution >= 0.6 is 0 Å². The number of carbonyl (C=O) groups excluding carboxylic acids is 1. The van der Waals surface area contributed by atoms with E-state index in [0.717, 1.165) is 23.7 Å². The predicted molar refractivity (Wildman–Crippen MR) is 75.5 cm³/mol. The highest BCUT2D eigenvalue weighted by Gasteiger charge is 2.43. The van der Waals surface area contributed by atoms with Gasteiger partial charge in [-0.05, 0) is 57.1 Å². The lowest BCUT2D eigenvalue weighted by Crippen LogP contribution is -2.21. The quantitative estimate of drug-likeness (QED) is 0.760. The van der Waals surface area contributed by atoms with E-state index in [9.17, 15) is 4.79 Å². The molecule has 0 spiro atoms. The van der Waals surface area contributed by atoms with Gasteiger partial charge in [-0.2, -0.15) is 0 Å². The molecule has 2 fully saturated rings. The van der Waals surface area contributed by atoms with Gasteiger partial charge < -0.3 is 4.74 Å². The lowest BCUT2D eigenvalue weighted by molar-refractivity contribution is 0.0874. The maximum atomic E-state index is 12.6. The van der Waals surface area contributed by atoms with E-state index < -0.39 is 0 Å². The summed E-state index contributed by atoms with van der Waals surface area (Å²) < 4.78 is 5.68. The summed E-state index contributed by atoms with van der Waals surface area (Å²) in [6.07, 6.45) is 5.12. The van der Waals surface area contributed by atoms with Crippen molar-refractivity contribution < 1.29 is 9.53 Å². The molecule has 19 heavy (non-hydrogen) atoms. The van der Waals surface area contributed by atoms with Crippen molar-refractivity contribution in [1.82, 2.24) is 0 Å². The molecule has 2 aliphatic rings. The van der Waals surface area contributed by atoms with Gasteiger partial charge in [0.05, 0.1) is 6.10 Å². The highest BCUT2D eigenvalue weighted by Crippen LogP contribution is 2.49. The summed E-state index contributed by atoms with van der Waals surface area (Å²) in [5.41, 5.74) is 0.829. The van der Waals surface area contributed by atoms with Gasteiger partial charge in [0, 0.05) is 11.5 Å². The molecule has 0 saturated heterocycles. The van der Waals surface area contributed by atoms with Crippen LogP contribution < -0.4 is 4.74 Å². The first-order valence-electron chi connectivity index (χ1n) is 7.44. The highest BCUT2D eigenvalue weighted by molar-refractivity contribution is 5.98. The fourth-order valence-corrected chi connectivity index (χ4v) is 3.77. The molecule has 2 aliphatic carbocycles. The van der Waals surface area contributed by atoms with Gasteiger partial charge >= 0.3 is 0 Å². The Labute approximate surface area is 115 Å². The number of hydrogen-bond donors (Lipinski definition) is 0. The molecule has 0 amide bonds. The summed E-state index contributed by atoms with van der Waals surface area (Å²) in [6, 6.07) is 7.70. The minimum atomic E-state index is 0.146. The minimum Gasteiger partial charge on any atom is -0.491 e. The zero-order chi connectivity index (χ0) is 13.4. The first-order valence-corrected chi connectivity index (χ1v) is 7.44. The van der Waals surface area contributed by atoms with Crippen LogP contribution in [0.5, 0.6) is 5.75 Å². The number of fused-ring (bicyclic) bond motifs is 2. The number of ether oxygens (including phenoxy) is 1. The molecule has 0 heterocycles. The van der Waals surface area contributed by atoms with Crippen LogP contribution in [-0.4, -0.2) is 11.9 Å². The molecule has 3 unspecified atom stereocenters. The average molecular weight is 258 g/mol. The largest absolute Gasteiger partial charge is 0.491 e. The van der Waals surface area contributed by atoms with Gasteiger partial charge in [-0.3, -0.25) is 4.79 Å². The molecule has 0 N–H and O–H groups in total. The third-order valence-electron chi connectivity index (χ3n) is 4.57. The van der Waals surface area contributed by atoms with E-state index in [1.807, 2.05) is 38.1 Å². The van der Waals surface area contributed by atoms with E-state index >= 15 is 0 Å². The van der Waals surface area contributed by atoms with Crippen molar-refractivity contribution in [3.63, 3.8) is 0 Å². The number of carbonyl (C=O) groups is 1. The topological polar surface area (TPSA) is 26.3 Å². The van der Waals surface area contributed by atoms with Gasteiger partial charge in [-0.1, -0.05) is 18.6 Å². The number of benzene rings is 1. The SMILES string of the molecule is CC(C)Oc1cccc(C(=O)C2CC3CCC2C3)c1. The molecular weight excluding hydrogens is 236 g/mol. The van der Waals surface area contributed by atoms with Gasteiger partial charge in [-0.15, -0.1) is 0 Å². The van der Waals surface area contributed by atoms with Crippen LogP contribution in [0.2, 0.25) is 0 Å². The van der Waals surface area contributed by atoms with Crippen LogP contribution in [0.4, 0.5) is 0 Å². The zero-order valence-electron chi connectivity index (χ0n) is 11.8. The fourth-order valence-electron chi connectivity index (χ4n) is 3.77. The maximum absolute atomic E-state index is 12.6. The average Bonchev–Trinajstić information content (AvgIpc) is 2.99. The highest BCUT2D eigenvalue weighted by atomic mass is 16.5. The van der Waals surface area contributed by atoms with E-state index in [-0.39, 0.29) is 12.0 Å². The van der Waals surface area contributed by atoms with Crippen molar-refractivity contribution in [2.24, 2.45) is 17.8 Å². The van der Waals surface area contributed by atoms with Crippen LogP contribution in [0, 0.1) is 17.8 Å². The Kier molecular flexibility index (Phi) is 3.34. The Morgan fingerprint density at radius 3 is 2.74 bits per heavy atom. The molecule has 3 rings (SSSR count). The Morgan fingerprint density at radius 2 is 2.11 bits per heavy atom. The Morgan fingerprint density at radius 1 is 1.26 bits per heavy atom. The third kappa shape index (κ3) is 2.54. The summed E-state index contributed by atoms with van der Waals surface area (Å²) in [5.74, 6) is 2.87. The molecule has 2 saturated carbocycles. The zero-order valence-corrected chi connectivity index (χ0v) is 11.8. The first-order chi connectivity index (χ1) is 9.13. The Bertz CT molecular complexity index is 478. The Balaban J connectivity index is 1.76. The van der Waals surface area contributed by atoms with Gasteiger partial charge in [0.2, 0.25) is 0 Å². The summed E-state index contributed by atoms with van der Waals surface area (Å²) in [6.45, 7) is 4.01. The Hall–Kier alpha value is -1.31. The molecular formula is C17H22O2. The number of hydrogen-bond acceptors (Lipinski definition) is 2. The predicted octanol–water partition coefficient (Wildman–Crippen LogP) is 4.09. The second-order valence-corrected chi connectivity index (χ2v) is 6.34. The molecule has 0 radical (unpaired) electrons. The molecule has 1 aromatic carbocycles. The molecule has 2 nitrogen and oxygen atoms in total. The summed E-state index contributed by atoms with van der Waals surface area (Å²) in [7, 11) is 0. The monoisotopic (exact) mass is 258 g/mol. The first kappa shape index (κ1) is 12.7. The lowest BCUT2D eigenvalue weighted by Gasteiger charge is -2.20. The maximum Gasteiger partial charge on any atom is 0.166 e. The van der Waals surface area contributed by atoms with E-state index in [0.29, 0.717) is 11.7 Å². The van der Waals surface area contributed by atoms with E-state index in [2.05, 4.69) is 0 Å². The smallest absolute Gasteiger partial charge is 0.166 e. The minimum absolute atomic E-state index is 0.146. The number of rotatable bonds is 4. The standard InChI is InChI=1S/C17H22O2/c1-11(2)19-15-5-3-4-14(10-15)17(18)16-9-12-6-7-13(16)8-12/h3-5,10-13,16H,6-9H2,1-2H3. The molecule has 2 heteroatoms. The van der Waals surface area contributed by atoms with Crippen molar-refractivity contribution in [2.75, 3.05) is 0 Å². The summed E-state index contributed by atoms with van der Waals surface area (Å²) in [5, 5.41) is 0. The molecule has 1 aromatic rings. The van der Waals surface area contributed by atoms with Gasteiger partial charge in [0.25, 0.3) is 0 Å². The molecule has 2 bridgehead atoms. The van der Waals surface area contributed by atoms with Gasteiger partial charge in [0.15, 0.2) is 5.78 Å². The third-order valence-corrected chi connectivity index (χ3v) is 4.57. The van der Waals surface area contributed by atoms with Crippen molar-refractivity contribution in [3.8, 4) is 5.75 Å². The fraction of sp³-hybridized carbons (Fsp3) is 0.588. The number of ketones is 1. The van der Waals surface area contributed by atoms with Crippen LogP contribution in [0.25, 0.3) is 0 Å². The van der Waals surface area contributed by atoms with Gasteiger partial charge in [0.1, 0.15) is 5.75 Å². The second-order valence-electron chi connectivity index (χ2n) is 6.34. The van der Waals surface area contributed by atoms with Crippen LogP contribution in [0.1, 0.15) is 49.9 Å². The van der Waals surface area contributed by atoms with E-state index in [4.69, 9.17) is 4.74 Å². The molecule has 102 valence electrons. The van der Waals surface area contributed by atoms with E-state index in [1.54, 1.807) is 0 Å². The van der Waals surface area contributed by atoms with Crippen LogP contribution in [-0.2, 0) is 0 Å². The molecule has 0 aliphatic heterocycles. The van der Waals surface area contributed by atoms with Crippen molar-refractivity contribution >= 4 is 5.78 Å². The normalized spacial score (nSPS) is 28.9. The van der Waals surface area contributed by atoms with Gasteiger partial charge in [-0.25, -0.2) is 0 Å². The summed E-state index contributed by atoms with van der Waals surface area (Å²) in [4.78, 5) is 12.6. The van der Waals surface area contributed by atoms with Crippen molar-refractivity contribution in [2.45, 2.75) is 45.6 Å². The summed E-state index contributed by atoms with van der Waals surface area (Å²) >= 11 is 0. The van der Waals surface area contributed by atoms with E-state index in [1.165, 1.54) is 19.3 Å². The van der Waals surface area contributed by atoms with Crippen molar-refractivity contribution in [1.29, 1.82) is 0 Å². The number of Topliss-reactive ketones (excluding diaryl/α,β-unsaturated/α-hetero) is 1. The van der Waals surface area contributed by atoms with Crippen LogP contribution in [0.3, 0.4) is 0 Å². The van der Waals surface area contributed by atoms with Crippen molar-refractivity contribution in [3.05, 3.63) is 29.8 Å². The molecule has 0 aromatic heterocycles.